The standard InChI is InChI=1S/C14H22N4O/c1-2-16-14-11(6-5-8-17-14)10-18-9-4-3-7-12(18)13(15)19/h5-6,8,12H,2-4,7,9-10H2,1H3,(H2,15,19)(H,16,17). The van der Waals surface area contributed by atoms with E-state index in [1.165, 1.54) is 0 Å². The largest absolute Gasteiger partial charge is 0.370 e. The van der Waals surface area contributed by atoms with Gasteiger partial charge in [-0.2, -0.15) is 0 Å². The van der Waals surface area contributed by atoms with Gasteiger partial charge in [-0.1, -0.05) is 12.5 Å². The second-order valence-corrected chi connectivity index (χ2v) is 4.93. The number of carbonyl (C=O) groups excluding carboxylic acids is 1. The zero-order chi connectivity index (χ0) is 13.7. The summed E-state index contributed by atoms with van der Waals surface area (Å²) in [5, 5.41) is 3.26. The van der Waals surface area contributed by atoms with E-state index in [-0.39, 0.29) is 11.9 Å². The molecule has 2 heterocycles. The summed E-state index contributed by atoms with van der Waals surface area (Å²) in [4.78, 5) is 18.0. The van der Waals surface area contributed by atoms with Crippen LogP contribution in [0.25, 0.3) is 0 Å². The van der Waals surface area contributed by atoms with Crippen LogP contribution in [0.2, 0.25) is 0 Å². The van der Waals surface area contributed by atoms with Crippen molar-refractivity contribution in [2.45, 2.75) is 38.8 Å². The van der Waals surface area contributed by atoms with Crippen LogP contribution in [0.5, 0.6) is 0 Å². The number of likely N-dealkylation sites (tertiary alicyclic amines) is 1. The van der Waals surface area contributed by atoms with E-state index in [1.54, 1.807) is 6.20 Å². The second-order valence-electron chi connectivity index (χ2n) is 4.93. The molecule has 1 amide bonds. The van der Waals surface area contributed by atoms with Gasteiger partial charge in [0.05, 0.1) is 6.04 Å². The van der Waals surface area contributed by atoms with E-state index in [4.69, 9.17) is 5.73 Å². The van der Waals surface area contributed by atoms with Crippen molar-refractivity contribution in [2.75, 3.05) is 18.4 Å². The van der Waals surface area contributed by atoms with Gasteiger partial charge < -0.3 is 11.1 Å². The van der Waals surface area contributed by atoms with E-state index in [9.17, 15) is 4.79 Å². The number of nitrogens with one attached hydrogen (secondary N) is 1. The molecule has 1 unspecified atom stereocenters. The highest BCUT2D eigenvalue weighted by Crippen LogP contribution is 2.21. The van der Waals surface area contributed by atoms with Crippen LogP contribution < -0.4 is 11.1 Å². The summed E-state index contributed by atoms with van der Waals surface area (Å²) in [5.41, 5.74) is 6.62. The Morgan fingerprint density at radius 3 is 3.16 bits per heavy atom. The number of hydrogen-bond acceptors (Lipinski definition) is 4. The predicted molar refractivity (Wildman–Crippen MR) is 75.6 cm³/mol. The third-order valence-corrected chi connectivity index (χ3v) is 3.55. The Labute approximate surface area is 114 Å². The highest BCUT2D eigenvalue weighted by Gasteiger charge is 2.27. The van der Waals surface area contributed by atoms with Gasteiger partial charge in [-0.25, -0.2) is 4.98 Å². The third-order valence-electron chi connectivity index (χ3n) is 3.55. The van der Waals surface area contributed by atoms with E-state index in [0.29, 0.717) is 0 Å². The van der Waals surface area contributed by atoms with Crippen molar-refractivity contribution < 1.29 is 4.79 Å². The molecule has 3 N–H and O–H groups in total. The van der Waals surface area contributed by atoms with Crippen LogP contribution in [0.3, 0.4) is 0 Å². The minimum Gasteiger partial charge on any atom is -0.370 e. The zero-order valence-electron chi connectivity index (χ0n) is 11.4. The molecule has 1 aromatic rings. The molecule has 0 saturated carbocycles. The molecule has 1 saturated heterocycles. The summed E-state index contributed by atoms with van der Waals surface area (Å²) in [6, 6.07) is 3.85. The third kappa shape index (κ3) is 3.44. The maximum atomic E-state index is 11.5. The topological polar surface area (TPSA) is 71.2 Å². The van der Waals surface area contributed by atoms with Gasteiger partial charge in [0.1, 0.15) is 5.82 Å². The molecule has 1 aliphatic heterocycles. The molecular formula is C14H22N4O. The Hall–Kier alpha value is -1.62. The zero-order valence-corrected chi connectivity index (χ0v) is 11.4. The van der Waals surface area contributed by atoms with Crippen molar-refractivity contribution in [1.82, 2.24) is 9.88 Å². The van der Waals surface area contributed by atoms with Crippen LogP contribution in [0, 0.1) is 0 Å². The molecule has 1 atom stereocenters. The molecule has 5 heteroatoms. The van der Waals surface area contributed by atoms with Crippen LogP contribution in [-0.2, 0) is 11.3 Å². The lowest BCUT2D eigenvalue weighted by Gasteiger charge is -2.33. The first-order chi connectivity index (χ1) is 9.22. The van der Waals surface area contributed by atoms with Gasteiger partial charge >= 0.3 is 0 Å². The summed E-state index contributed by atoms with van der Waals surface area (Å²) in [6.45, 7) is 4.53. The van der Waals surface area contributed by atoms with Gasteiger partial charge in [0.2, 0.25) is 5.91 Å². The summed E-state index contributed by atoms with van der Waals surface area (Å²) < 4.78 is 0. The van der Waals surface area contributed by atoms with Gasteiger partial charge in [0.25, 0.3) is 0 Å². The van der Waals surface area contributed by atoms with Gasteiger partial charge in [-0.3, -0.25) is 9.69 Å². The monoisotopic (exact) mass is 262 g/mol. The van der Waals surface area contributed by atoms with E-state index >= 15 is 0 Å². The Bertz CT molecular complexity index is 435. The summed E-state index contributed by atoms with van der Waals surface area (Å²) >= 11 is 0. The Morgan fingerprint density at radius 2 is 2.42 bits per heavy atom. The summed E-state index contributed by atoms with van der Waals surface area (Å²) in [6.07, 6.45) is 4.85. The number of rotatable bonds is 5. The fraction of sp³-hybridized carbons (Fsp3) is 0.571. The molecular weight excluding hydrogens is 240 g/mol. The normalized spacial score (nSPS) is 20.2. The van der Waals surface area contributed by atoms with Crippen molar-refractivity contribution >= 4 is 11.7 Å². The number of anilines is 1. The highest BCUT2D eigenvalue weighted by molar-refractivity contribution is 5.79. The molecule has 0 radical (unpaired) electrons. The molecule has 19 heavy (non-hydrogen) atoms. The number of pyridine rings is 1. The Balaban J connectivity index is 2.12. The van der Waals surface area contributed by atoms with Crippen molar-refractivity contribution in [3.8, 4) is 0 Å². The Morgan fingerprint density at radius 1 is 1.58 bits per heavy atom. The maximum absolute atomic E-state index is 11.5. The number of hydrogen-bond donors (Lipinski definition) is 2. The van der Waals surface area contributed by atoms with Crippen molar-refractivity contribution in [3.05, 3.63) is 23.9 Å². The minimum atomic E-state index is -0.214. The van der Waals surface area contributed by atoms with Gasteiger partial charge in [0, 0.05) is 24.8 Å². The molecule has 1 aromatic heterocycles. The van der Waals surface area contributed by atoms with E-state index < -0.39 is 0 Å². The van der Waals surface area contributed by atoms with Crippen molar-refractivity contribution in [3.63, 3.8) is 0 Å². The lowest BCUT2D eigenvalue weighted by Crippen LogP contribution is -2.47. The molecule has 0 aliphatic carbocycles. The molecule has 1 fully saturated rings. The minimum absolute atomic E-state index is 0.136. The van der Waals surface area contributed by atoms with E-state index in [0.717, 1.165) is 50.3 Å². The van der Waals surface area contributed by atoms with E-state index in [1.807, 2.05) is 13.0 Å². The lowest BCUT2D eigenvalue weighted by molar-refractivity contribution is -0.124. The smallest absolute Gasteiger partial charge is 0.234 e. The molecule has 2 rings (SSSR count). The number of nitrogens with zero attached hydrogens (tertiary/aromatic N) is 2. The number of carbonyl (C=O) groups is 1. The number of piperidine rings is 1. The molecule has 1 aliphatic rings. The molecule has 0 spiro atoms. The first-order valence-electron chi connectivity index (χ1n) is 6.93. The van der Waals surface area contributed by atoms with Crippen LogP contribution in [-0.4, -0.2) is 34.9 Å². The van der Waals surface area contributed by atoms with Gasteiger partial charge in [-0.05, 0) is 32.4 Å². The number of aromatic nitrogens is 1. The lowest BCUT2D eigenvalue weighted by atomic mass is 10.0. The fourth-order valence-corrected chi connectivity index (χ4v) is 2.61. The number of amides is 1. The Kier molecular flexibility index (Phi) is 4.74. The first kappa shape index (κ1) is 13.8. The molecule has 104 valence electrons. The molecule has 0 bridgehead atoms. The van der Waals surface area contributed by atoms with Crippen molar-refractivity contribution in [1.29, 1.82) is 0 Å². The number of primary amides is 1. The number of nitrogens with two attached hydrogens (primary N) is 1. The van der Waals surface area contributed by atoms with Crippen LogP contribution in [0.1, 0.15) is 31.7 Å². The summed E-state index contributed by atoms with van der Waals surface area (Å²) in [7, 11) is 0. The van der Waals surface area contributed by atoms with Crippen LogP contribution in [0.4, 0.5) is 5.82 Å². The van der Waals surface area contributed by atoms with Crippen molar-refractivity contribution in [2.24, 2.45) is 5.73 Å². The van der Waals surface area contributed by atoms with Crippen LogP contribution >= 0.6 is 0 Å². The SMILES string of the molecule is CCNc1ncccc1CN1CCCCC1C(N)=O. The fourth-order valence-electron chi connectivity index (χ4n) is 2.61. The molecule has 0 aromatic carbocycles. The molecule has 5 nitrogen and oxygen atoms in total. The summed E-state index contributed by atoms with van der Waals surface area (Å²) in [5.74, 6) is 0.687. The maximum Gasteiger partial charge on any atom is 0.234 e. The highest BCUT2D eigenvalue weighted by atomic mass is 16.1. The average Bonchev–Trinajstić information content (AvgIpc) is 2.42. The second kappa shape index (κ2) is 6.52. The van der Waals surface area contributed by atoms with E-state index in [2.05, 4.69) is 21.3 Å². The average molecular weight is 262 g/mol. The van der Waals surface area contributed by atoms with Gasteiger partial charge in [0.15, 0.2) is 0 Å². The van der Waals surface area contributed by atoms with Crippen LogP contribution in [0.15, 0.2) is 18.3 Å². The quantitative estimate of drug-likeness (QED) is 0.840. The predicted octanol–water partition coefficient (Wildman–Crippen LogP) is 1.35. The first-order valence-corrected chi connectivity index (χ1v) is 6.93. The van der Waals surface area contributed by atoms with Gasteiger partial charge in [-0.15, -0.1) is 0 Å².